The minimum Gasteiger partial charge on any atom is -0.482 e. The number of amides is 1. The predicted molar refractivity (Wildman–Crippen MR) is 87.2 cm³/mol. The Balaban J connectivity index is 1.63. The molecule has 3 rings (SSSR count). The average Bonchev–Trinajstić information content (AvgIpc) is 2.60. The van der Waals surface area contributed by atoms with E-state index in [0.717, 1.165) is 36.3 Å². The number of nitrogens with zero attached hydrogens (tertiary/aromatic N) is 3. The SMILES string of the molecule is Cc1ncc2c(n1)CCC[C@@H]2NC(=O)COc1ccccc1C#N. The van der Waals surface area contributed by atoms with E-state index in [1.807, 2.05) is 13.0 Å². The van der Waals surface area contributed by atoms with Gasteiger partial charge in [0, 0.05) is 17.5 Å². The van der Waals surface area contributed by atoms with Crippen molar-refractivity contribution >= 4 is 5.91 Å². The lowest BCUT2D eigenvalue weighted by Crippen LogP contribution is -2.34. The number of ether oxygens (including phenoxy) is 1. The number of fused-ring (bicyclic) bond motifs is 1. The Hall–Kier alpha value is -2.94. The highest BCUT2D eigenvalue weighted by molar-refractivity contribution is 5.78. The molecule has 0 saturated carbocycles. The van der Waals surface area contributed by atoms with Gasteiger partial charge < -0.3 is 10.1 Å². The minimum atomic E-state index is -0.221. The van der Waals surface area contributed by atoms with Gasteiger partial charge in [0.15, 0.2) is 6.61 Å². The lowest BCUT2D eigenvalue weighted by atomic mass is 9.92. The number of hydrogen-bond acceptors (Lipinski definition) is 5. The maximum absolute atomic E-state index is 12.2. The zero-order valence-corrected chi connectivity index (χ0v) is 13.5. The van der Waals surface area contributed by atoms with E-state index in [2.05, 4.69) is 15.3 Å². The molecule has 0 spiro atoms. The van der Waals surface area contributed by atoms with E-state index in [-0.39, 0.29) is 18.6 Å². The van der Waals surface area contributed by atoms with Gasteiger partial charge in [-0.25, -0.2) is 9.97 Å². The van der Waals surface area contributed by atoms with Crippen LogP contribution in [0.2, 0.25) is 0 Å². The van der Waals surface area contributed by atoms with Gasteiger partial charge in [-0.15, -0.1) is 0 Å². The smallest absolute Gasteiger partial charge is 0.258 e. The molecule has 0 aliphatic heterocycles. The molecule has 1 atom stereocenters. The lowest BCUT2D eigenvalue weighted by Gasteiger charge is -2.25. The van der Waals surface area contributed by atoms with E-state index in [1.54, 1.807) is 30.5 Å². The van der Waals surface area contributed by atoms with Gasteiger partial charge in [0.25, 0.3) is 5.91 Å². The summed E-state index contributed by atoms with van der Waals surface area (Å²) in [6.07, 6.45) is 4.55. The van der Waals surface area contributed by atoms with Crippen LogP contribution in [0.1, 0.15) is 41.5 Å². The first-order valence-electron chi connectivity index (χ1n) is 7.91. The fourth-order valence-electron chi connectivity index (χ4n) is 2.86. The monoisotopic (exact) mass is 322 g/mol. The number of benzene rings is 1. The largest absolute Gasteiger partial charge is 0.482 e. The molecule has 1 aromatic carbocycles. The maximum atomic E-state index is 12.2. The first kappa shape index (κ1) is 15.9. The van der Waals surface area contributed by atoms with Crippen molar-refractivity contribution in [1.29, 1.82) is 5.26 Å². The van der Waals surface area contributed by atoms with Crippen LogP contribution >= 0.6 is 0 Å². The Morgan fingerprint density at radius 3 is 3.12 bits per heavy atom. The Bertz CT molecular complexity index is 798. The number of nitrogens with one attached hydrogen (secondary N) is 1. The van der Waals surface area contributed by atoms with Crippen LogP contribution in [0.5, 0.6) is 5.75 Å². The Morgan fingerprint density at radius 2 is 2.29 bits per heavy atom. The van der Waals surface area contributed by atoms with Crippen LogP contribution in [-0.2, 0) is 11.2 Å². The summed E-state index contributed by atoms with van der Waals surface area (Å²) in [7, 11) is 0. The van der Waals surface area contributed by atoms with Crippen LogP contribution in [0.3, 0.4) is 0 Å². The van der Waals surface area contributed by atoms with Gasteiger partial charge in [-0.1, -0.05) is 12.1 Å². The molecule has 0 saturated heterocycles. The number of rotatable bonds is 4. The molecule has 0 radical (unpaired) electrons. The molecule has 1 N–H and O–H groups in total. The quantitative estimate of drug-likeness (QED) is 0.932. The fraction of sp³-hybridized carbons (Fsp3) is 0.333. The number of hydrogen-bond donors (Lipinski definition) is 1. The van der Waals surface area contributed by atoms with E-state index >= 15 is 0 Å². The summed E-state index contributed by atoms with van der Waals surface area (Å²) in [4.78, 5) is 20.9. The third-order valence-corrected chi connectivity index (χ3v) is 4.00. The van der Waals surface area contributed by atoms with Crippen molar-refractivity contribution in [3.63, 3.8) is 0 Å². The summed E-state index contributed by atoms with van der Waals surface area (Å²) >= 11 is 0. The molecular weight excluding hydrogens is 304 g/mol. The van der Waals surface area contributed by atoms with Crippen LogP contribution in [0.25, 0.3) is 0 Å². The van der Waals surface area contributed by atoms with Crippen LogP contribution < -0.4 is 10.1 Å². The molecule has 0 bridgehead atoms. The van der Waals surface area contributed by atoms with Crippen molar-refractivity contribution in [2.24, 2.45) is 0 Å². The van der Waals surface area contributed by atoms with Crippen molar-refractivity contribution in [1.82, 2.24) is 15.3 Å². The lowest BCUT2D eigenvalue weighted by molar-refractivity contribution is -0.124. The van der Waals surface area contributed by atoms with E-state index in [9.17, 15) is 4.79 Å². The standard InChI is InChI=1S/C18H18N4O2/c1-12-20-10-14-15(21-12)6-4-7-16(14)22-18(23)11-24-17-8-3-2-5-13(17)9-19/h2-3,5,8,10,16H,4,6-7,11H2,1H3,(H,22,23)/t16-/m0/s1. The van der Waals surface area contributed by atoms with E-state index in [1.165, 1.54) is 0 Å². The van der Waals surface area contributed by atoms with Crippen molar-refractivity contribution in [3.8, 4) is 11.8 Å². The molecule has 6 nitrogen and oxygen atoms in total. The summed E-state index contributed by atoms with van der Waals surface area (Å²) in [5.74, 6) is 0.941. The molecule has 1 amide bonds. The van der Waals surface area contributed by atoms with E-state index in [0.29, 0.717) is 11.3 Å². The third-order valence-electron chi connectivity index (χ3n) is 4.00. The number of carbonyl (C=O) groups excluding carboxylic acids is 1. The van der Waals surface area contributed by atoms with Crippen molar-refractivity contribution < 1.29 is 9.53 Å². The van der Waals surface area contributed by atoms with E-state index in [4.69, 9.17) is 10.00 Å². The molecule has 1 aromatic heterocycles. The highest BCUT2D eigenvalue weighted by atomic mass is 16.5. The number of carbonyl (C=O) groups is 1. The van der Waals surface area contributed by atoms with Gasteiger partial charge in [0.1, 0.15) is 17.6 Å². The normalized spacial score (nSPS) is 15.9. The van der Waals surface area contributed by atoms with Crippen molar-refractivity contribution in [3.05, 3.63) is 53.1 Å². The van der Waals surface area contributed by atoms with Crippen molar-refractivity contribution in [2.75, 3.05) is 6.61 Å². The van der Waals surface area contributed by atoms with Gasteiger partial charge in [-0.2, -0.15) is 5.26 Å². The van der Waals surface area contributed by atoms with E-state index < -0.39 is 0 Å². The predicted octanol–water partition coefficient (Wildman–Crippen LogP) is 2.23. The van der Waals surface area contributed by atoms with Gasteiger partial charge in [0.2, 0.25) is 0 Å². The summed E-state index contributed by atoms with van der Waals surface area (Å²) < 4.78 is 5.47. The average molecular weight is 322 g/mol. The molecule has 122 valence electrons. The molecule has 6 heteroatoms. The van der Waals surface area contributed by atoms with Gasteiger partial charge in [-0.3, -0.25) is 4.79 Å². The second-order valence-corrected chi connectivity index (χ2v) is 5.73. The first-order valence-corrected chi connectivity index (χ1v) is 7.91. The summed E-state index contributed by atoms with van der Waals surface area (Å²) in [6.45, 7) is 1.74. The van der Waals surface area contributed by atoms with Crippen LogP contribution in [-0.4, -0.2) is 22.5 Å². The fourth-order valence-corrected chi connectivity index (χ4v) is 2.86. The number of para-hydroxylation sites is 1. The van der Waals surface area contributed by atoms with Gasteiger partial charge in [0.05, 0.1) is 11.6 Å². The summed E-state index contributed by atoms with van der Waals surface area (Å²) in [6, 6.07) is 8.82. The number of aromatic nitrogens is 2. The van der Waals surface area contributed by atoms with Gasteiger partial charge in [-0.05, 0) is 38.3 Å². The molecular formula is C18H18N4O2. The summed E-state index contributed by atoms with van der Waals surface area (Å²) in [5, 5.41) is 12.0. The number of nitriles is 1. The highest BCUT2D eigenvalue weighted by Gasteiger charge is 2.23. The van der Waals surface area contributed by atoms with Crippen LogP contribution in [0.15, 0.2) is 30.5 Å². The molecule has 0 fully saturated rings. The second-order valence-electron chi connectivity index (χ2n) is 5.73. The first-order chi connectivity index (χ1) is 11.7. The maximum Gasteiger partial charge on any atom is 0.258 e. The molecule has 1 aliphatic rings. The molecule has 1 heterocycles. The highest BCUT2D eigenvalue weighted by Crippen LogP contribution is 2.27. The van der Waals surface area contributed by atoms with Gasteiger partial charge >= 0.3 is 0 Å². The second kappa shape index (κ2) is 7.09. The van der Waals surface area contributed by atoms with Crippen molar-refractivity contribution in [2.45, 2.75) is 32.2 Å². The molecule has 24 heavy (non-hydrogen) atoms. The number of aryl methyl sites for hydroxylation is 2. The molecule has 2 aromatic rings. The Kier molecular flexibility index (Phi) is 4.71. The van der Waals surface area contributed by atoms with Crippen LogP contribution in [0, 0.1) is 18.3 Å². The molecule has 0 unspecified atom stereocenters. The molecule has 1 aliphatic carbocycles. The Morgan fingerprint density at radius 1 is 1.46 bits per heavy atom. The Labute approximate surface area is 140 Å². The minimum absolute atomic E-state index is 0.0864. The summed E-state index contributed by atoms with van der Waals surface area (Å²) in [5.41, 5.74) is 2.41. The zero-order chi connectivity index (χ0) is 16.9. The topological polar surface area (TPSA) is 87.9 Å². The van der Waals surface area contributed by atoms with Crippen LogP contribution in [0.4, 0.5) is 0 Å². The zero-order valence-electron chi connectivity index (χ0n) is 13.5. The third kappa shape index (κ3) is 3.51.